The maximum atomic E-state index is 6.15. The Bertz CT molecular complexity index is 1190. The predicted octanol–water partition coefficient (Wildman–Crippen LogP) is -0.191. The fraction of sp³-hybridized carbons (Fsp3) is 0.320. The Morgan fingerprint density at radius 1 is 1.03 bits per heavy atom. The first-order chi connectivity index (χ1) is 13.3. The van der Waals surface area contributed by atoms with Crippen LogP contribution in [0.1, 0.15) is 18.4 Å². The van der Waals surface area contributed by atoms with Crippen LogP contribution in [0.5, 0.6) is 0 Å². The summed E-state index contributed by atoms with van der Waals surface area (Å²) in [5, 5.41) is 9.18. The van der Waals surface area contributed by atoms with Crippen molar-refractivity contribution in [2.45, 2.75) is 45.6 Å². The summed E-state index contributed by atoms with van der Waals surface area (Å²) < 4.78 is 6.15. The molecular weight excluding hydrogens is 535 g/mol. The van der Waals surface area contributed by atoms with Gasteiger partial charge in [0.05, 0.1) is 8.07 Å². The molecule has 0 unspecified atom stereocenters. The quantitative estimate of drug-likeness (QED) is 0.309. The monoisotopic (exact) mass is 561 g/mol. The van der Waals surface area contributed by atoms with Gasteiger partial charge in [0.1, 0.15) is 0 Å². The first-order valence-electron chi connectivity index (χ1n) is 10.5. The van der Waals surface area contributed by atoms with Gasteiger partial charge in [-0.1, -0.05) is 54.7 Å². The molecule has 0 amide bonds. The van der Waals surface area contributed by atoms with E-state index < -0.39 is 16.4 Å². The van der Waals surface area contributed by atoms with Crippen molar-refractivity contribution in [3.63, 3.8) is 0 Å². The van der Waals surface area contributed by atoms with Crippen molar-refractivity contribution in [2.75, 3.05) is 6.61 Å². The van der Waals surface area contributed by atoms with Crippen molar-refractivity contribution in [1.29, 1.82) is 0 Å². The molecule has 5 rings (SSSR count). The average molecular weight is 564 g/mol. The van der Waals surface area contributed by atoms with Gasteiger partial charge < -0.3 is 29.2 Å². The van der Waals surface area contributed by atoms with Gasteiger partial charge >= 0.3 is 26.2 Å². The molecule has 0 spiro atoms. The Hall–Kier alpha value is -0.353. The van der Waals surface area contributed by atoms with Crippen LogP contribution in [-0.4, -0.2) is 23.0 Å². The van der Waals surface area contributed by atoms with Crippen LogP contribution < -0.4 is 35.2 Å². The standard InChI is InChI=1S/C25H29OSi2.2ClH.Zr/c1-27(2,3)26-14-13-17-10-8-12-19(17)23-16-21-20-11-7-6-9-18(20)15-22(21)24-25(23)28(24,4)5;;;/h6-11,15-16H,12-14H2,1-5H3;2*1H;/q-1;;;+3/p-2. The molecule has 161 valence electrons. The molecule has 0 saturated carbocycles. The first kappa shape index (κ1) is 26.9. The fourth-order valence-corrected chi connectivity index (χ4v) is 9.46. The fourth-order valence-electron chi connectivity index (χ4n) is 5.01. The molecule has 3 aromatic rings. The number of fused-ring (bicyclic) bond motifs is 5. The molecule has 1 radical (unpaired) electrons. The zero-order valence-electron chi connectivity index (χ0n) is 18.9. The van der Waals surface area contributed by atoms with Gasteiger partial charge in [0.15, 0.2) is 8.32 Å². The van der Waals surface area contributed by atoms with Gasteiger partial charge in [0.25, 0.3) is 0 Å². The Labute approximate surface area is 219 Å². The third kappa shape index (κ3) is 4.67. The van der Waals surface area contributed by atoms with Gasteiger partial charge in [-0.15, -0.1) is 38.9 Å². The van der Waals surface area contributed by atoms with Crippen LogP contribution in [0.3, 0.4) is 0 Å². The predicted molar refractivity (Wildman–Crippen MR) is 128 cm³/mol. The van der Waals surface area contributed by atoms with Crippen LogP contribution in [0.2, 0.25) is 32.7 Å². The average Bonchev–Trinajstić information content (AvgIpc) is 2.98. The maximum absolute atomic E-state index is 6.15. The van der Waals surface area contributed by atoms with Crippen LogP contribution in [0.15, 0.2) is 54.1 Å². The van der Waals surface area contributed by atoms with Crippen LogP contribution in [0.4, 0.5) is 0 Å². The van der Waals surface area contributed by atoms with Crippen molar-refractivity contribution in [1.82, 2.24) is 0 Å². The summed E-state index contributed by atoms with van der Waals surface area (Å²) in [6, 6.07) is 13.8. The van der Waals surface area contributed by atoms with Gasteiger partial charge in [0, 0.05) is 6.61 Å². The zero-order chi connectivity index (χ0) is 19.7. The Morgan fingerprint density at radius 3 is 2.45 bits per heavy atom. The maximum Gasteiger partial charge on any atom is 3.00 e. The van der Waals surface area contributed by atoms with Gasteiger partial charge in [-0.25, -0.2) is 0 Å². The van der Waals surface area contributed by atoms with Gasteiger partial charge in [0.2, 0.25) is 0 Å². The van der Waals surface area contributed by atoms with Crippen molar-refractivity contribution >= 4 is 53.9 Å². The minimum atomic E-state index is -1.45. The second-order valence-corrected chi connectivity index (χ2v) is 18.6. The number of hydrogen-bond acceptors (Lipinski definition) is 1. The molecular formula is C25H29Cl2OSi2Zr. The van der Waals surface area contributed by atoms with Crippen molar-refractivity contribution < 1.29 is 55.4 Å². The molecule has 0 N–H and O–H groups in total. The normalized spacial score (nSPS) is 16.0. The summed E-state index contributed by atoms with van der Waals surface area (Å²) in [5.41, 5.74) is 4.59. The summed E-state index contributed by atoms with van der Waals surface area (Å²) in [7, 11) is -2.87. The molecule has 0 atom stereocenters. The van der Waals surface area contributed by atoms with E-state index in [9.17, 15) is 0 Å². The third-order valence-electron chi connectivity index (χ3n) is 6.37. The molecule has 1 nitrogen and oxygen atoms in total. The van der Waals surface area contributed by atoms with Crippen LogP contribution >= 0.6 is 0 Å². The van der Waals surface area contributed by atoms with Crippen LogP contribution in [0.25, 0.3) is 27.1 Å². The molecule has 6 heteroatoms. The van der Waals surface area contributed by atoms with Crippen molar-refractivity contribution in [3.8, 4) is 0 Å². The van der Waals surface area contributed by atoms with E-state index in [1.807, 2.05) is 0 Å². The zero-order valence-corrected chi connectivity index (χ0v) is 24.9. The molecule has 0 saturated heterocycles. The molecule has 1 aliphatic carbocycles. The minimum Gasteiger partial charge on any atom is -1.00 e. The molecule has 0 aromatic heterocycles. The van der Waals surface area contributed by atoms with Crippen LogP contribution in [-0.2, 0) is 30.6 Å². The van der Waals surface area contributed by atoms with Crippen molar-refractivity contribution in [2.24, 2.45) is 0 Å². The van der Waals surface area contributed by atoms with Crippen LogP contribution in [0, 0.1) is 0 Å². The molecule has 1 aliphatic heterocycles. The Kier molecular flexibility index (Phi) is 8.23. The number of hydrogen-bond donors (Lipinski definition) is 0. The van der Waals surface area contributed by atoms with Gasteiger partial charge in [-0.05, 0) is 49.2 Å². The summed E-state index contributed by atoms with van der Waals surface area (Å²) in [6.07, 6.45) is 6.80. The van der Waals surface area contributed by atoms with E-state index in [4.69, 9.17) is 4.43 Å². The van der Waals surface area contributed by atoms with E-state index in [1.54, 1.807) is 21.5 Å². The molecule has 2 aliphatic rings. The van der Waals surface area contributed by atoms with E-state index in [-0.39, 0.29) is 51.0 Å². The second-order valence-electron chi connectivity index (χ2n) is 9.81. The first-order valence-corrected chi connectivity index (χ1v) is 16.9. The van der Waals surface area contributed by atoms with E-state index >= 15 is 0 Å². The topological polar surface area (TPSA) is 9.23 Å². The Balaban J connectivity index is 0.00000114. The number of rotatable bonds is 5. The summed E-state index contributed by atoms with van der Waals surface area (Å²) in [6.45, 7) is 12.7. The summed E-state index contributed by atoms with van der Waals surface area (Å²) >= 11 is 0. The SMILES string of the molecule is C[Si](C)(C)OCCC1=C(c2cc3c([cH-]c4ccccc43)c3c2[Si]3(C)C)CC=C1.[Cl-].[Cl-].[Zr+3]. The molecule has 31 heavy (non-hydrogen) atoms. The van der Waals surface area contributed by atoms with E-state index in [0.717, 1.165) is 19.4 Å². The van der Waals surface area contributed by atoms with Gasteiger partial charge in [-0.3, -0.25) is 0 Å². The molecule has 1 heterocycles. The summed E-state index contributed by atoms with van der Waals surface area (Å²) in [5.74, 6) is 0. The third-order valence-corrected chi connectivity index (χ3v) is 10.7. The second kappa shape index (κ2) is 9.48. The van der Waals surface area contributed by atoms with Crippen molar-refractivity contribution in [3.05, 3.63) is 59.7 Å². The Morgan fingerprint density at radius 2 is 1.74 bits per heavy atom. The molecule has 0 fully saturated rings. The number of benzene rings is 2. The van der Waals surface area contributed by atoms with E-state index in [0.29, 0.717) is 0 Å². The van der Waals surface area contributed by atoms with E-state index in [2.05, 4.69) is 81.3 Å². The summed E-state index contributed by atoms with van der Waals surface area (Å²) in [4.78, 5) is 0. The smallest absolute Gasteiger partial charge is 1.00 e. The number of halogens is 2. The molecule has 3 aromatic carbocycles. The van der Waals surface area contributed by atoms with E-state index in [1.165, 1.54) is 27.1 Å². The number of allylic oxidation sites excluding steroid dienone is 3. The minimum absolute atomic E-state index is 0. The largest absolute Gasteiger partial charge is 3.00 e. The molecule has 0 bridgehead atoms. The van der Waals surface area contributed by atoms with Gasteiger partial charge in [-0.2, -0.15) is 0 Å².